The molecule has 0 amide bonds. The number of benzene rings is 1. The van der Waals surface area contributed by atoms with Crippen LogP contribution in [0, 0.1) is 13.8 Å². The smallest absolute Gasteiger partial charge is 0.175 e. The second kappa shape index (κ2) is 6.17. The molecule has 0 radical (unpaired) electrons. The van der Waals surface area contributed by atoms with Gasteiger partial charge >= 0.3 is 0 Å². The van der Waals surface area contributed by atoms with E-state index in [9.17, 15) is 8.42 Å². The number of hydrogen-bond acceptors (Lipinski definition) is 5. The van der Waals surface area contributed by atoms with Crippen LogP contribution in [0.1, 0.15) is 17.0 Å². The van der Waals surface area contributed by atoms with E-state index in [-0.39, 0.29) is 0 Å². The number of rotatable bonds is 4. The third-order valence-corrected chi connectivity index (χ3v) is 5.32. The van der Waals surface area contributed by atoms with Crippen molar-refractivity contribution in [2.24, 2.45) is 5.73 Å². The number of aromatic nitrogens is 1. The molecule has 6 heteroatoms. The van der Waals surface area contributed by atoms with Crippen LogP contribution in [-0.2, 0) is 16.4 Å². The standard InChI is InChI=1S/C15H18N2O2S2/c1-10-8-15(14(9-16)11(2)17-10)20-12-4-6-13(7-5-12)21(3,18)19/h4-8H,9,16H2,1-3H3. The summed E-state index contributed by atoms with van der Waals surface area (Å²) in [6.45, 7) is 4.33. The zero-order chi connectivity index (χ0) is 15.6. The lowest BCUT2D eigenvalue weighted by atomic mass is 10.2. The Labute approximate surface area is 129 Å². The molecule has 0 fully saturated rings. The molecule has 4 nitrogen and oxygen atoms in total. The van der Waals surface area contributed by atoms with Crippen molar-refractivity contribution in [3.63, 3.8) is 0 Å². The molecule has 1 aromatic heterocycles. The summed E-state index contributed by atoms with van der Waals surface area (Å²) in [6.07, 6.45) is 1.21. The topological polar surface area (TPSA) is 73.0 Å². The lowest BCUT2D eigenvalue weighted by molar-refractivity contribution is 0.602. The van der Waals surface area contributed by atoms with Gasteiger partial charge in [0.2, 0.25) is 0 Å². The first kappa shape index (κ1) is 16.0. The van der Waals surface area contributed by atoms with Gasteiger partial charge in [-0.3, -0.25) is 4.98 Å². The summed E-state index contributed by atoms with van der Waals surface area (Å²) in [5, 5.41) is 0. The van der Waals surface area contributed by atoms with Crippen LogP contribution in [0.15, 0.2) is 45.0 Å². The minimum absolute atomic E-state index is 0.327. The molecule has 0 saturated carbocycles. The Kier molecular flexibility index (Phi) is 4.70. The van der Waals surface area contributed by atoms with Crippen LogP contribution in [0.25, 0.3) is 0 Å². The van der Waals surface area contributed by atoms with Gasteiger partial charge in [0.05, 0.1) is 4.90 Å². The molecule has 0 aliphatic heterocycles. The normalized spacial score (nSPS) is 11.6. The van der Waals surface area contributed by atoms with Crippen LogP contribution >= 0.6 is 11.8 Å². The van der Waals surface area contributed by atoms with E-state index in [4.69, 9.17) is 5.73 Å². The minimum Gasteiger partial charge on any atom is -0.326 e. The van der Waals surface area contributed by atoms with Crippen LogP contribution in [0.3, 0.4) is 0 Å². The van der Waals surface area contributed by atoms with Gasteiger partial charge in [0.15, 0.2) is 9.84 Å². The van der Waals surface area contributed by atoms with E-state index in [0.717, 1.165) is 26.7 Å². The van der Waals surface area contributed by atoms with Crippen molar-refractivity contribution < 1.29 is 8.42 Å². The number of aryl methyl sites for hydroxylation is 2. The summed E-state index contributed by atoms with van der Waals surface area (Å²) in [7, 11) is -3.16. The van der Waals surface area contributed by atoms with E-state index < -0.39 is 9.84 Å². The first-order chi connectivity index (χ1) is 9.81. The predicted octanol–water partition coefficient (Wildman–Crippen LogP) is 2.71. The molecule has 1 heterocycles. The first-order valence-electron chi connectivity index (χ1n) is 6.46. The third kappa shape index (κ3) is 3.84. The number of pyridine rings is 1. The average molecular weight is 322 g/mol. The summed E-state index contributed by atoms with van der Waals surface area (Å²) in [6, 6.07) is 8.88. The van der Waals surface area contributed by atoms with Gasteiger partial charge in [0.1, 0.15) is 0 Å². The predicted molar refractivity (Wildman–Crippen MR) is 85.3 cm³/mol. The van der Waals surface area contributed by atoms with E-state index in [2.05, 4.69) is 4.98 Å². The minimum atomic E-state index is -3.16. The summed E-state index contributed by atoms with van der Waals surface area (Å²) >= 11 is 1.57. The maximum atomic E-state index is 11.5. The zero-order valence-corrected chi connectivity index (χ0v) is 13.9. The molecular formula is C15H18N2O2S2. The van der Waals surface area contributed by atoms with Crippen molar-refractivity contribution >= 4 is 21.6 Å². The Balaban J connectivity index is 2.34. The van der Waals surface area contributed by atoms with Crippen molar-refractivity contribution in [3.05, 3.63) is 47.3 Å². The third-order valence-electron chi connectivity index (χ3n) is 3.10. The molecule has 1 aromatic carbocycles. The molecule has 0 aliphatic carbocycles. The summed E-state index contributed by atoms with van der Waals surface area (Å²) < 4.78 is 22.9. The molecule has 112 valence electrons. The lowest BCUT2D eigenvalue weighted by Crippen LogP contribution is -2.04. The Morgan fingerprint density at radius 1 is 1.19 bits per heavy atom. The van der Waals surface area contributed by atoms with E-state index in [1.165, 1.54) is 6.26 Å². The number of hydrogen-bond donors (Lipinski definition) is 1. The molecule has 2 rings (SSSR count). The highest BCUT2D eigenvalue weighted by Gasteiger charge is 2.10. The van der Waals surface area contributed by atoms with Crippen molar-refractivity contribution in [1.82, 2.24) is 4.98 Å². The monoisotopic (exact) mass is 322 g/mol. The van der Waals surface area contributed by atoms with Crippen LogP contribution in [0.4, 0.5) is 0 Å². The summed E-state index contributed by atoms with van der Waals surface area (Å²) in [5.41, 5.74) is 8.71. The van der Waals surface area contributed by atoms with Crippen molar-refractivity contribution in [1.29, 1.82) is 0 Å². The highest BCUT2D eigenvalue weighted by molar-refractivity contribution is 7.99. The Morgan fingerprint density at radius 3 is 2.33 bits per heavy atom. The Hall–Kier alpha value is -1.37. The van der Waals surface area contributed by atoms with Gasteiger partial charge in [-0.15, -0.1) is 0 Å². The number of sulfone groups is 1. The van der Waals surface area contributed by atoms with E-state index in [0.29, 0.717) is 11.4 Å². The van der Waals surface area contributed by atoms with Crippen LogP contribution in [0.2, 0.25) is 0 Å². The van der Waals surface area contributed by atoms with Gasteiger partial charge in [-0.25, -0.2) is 8.42 Å². The van der Waals surface area contributed by atoms with E-state index >= 15 is 0 Å². The Bertz CT molecular complexity index is 754. The van der Waals surface area contributed by atoms with Crippen LogP contribution < -0.4 is 5.73 Å². The molecule has 0 spiro atoms. The maximum Gasteiger partial charge on any atom is 0.175 e. The maximum absolute atomic E-state index is 11.5. The molecular weight excluding hydrogens is 304 g/mol. The van der Waals surface area contributed by atoms with Gasteiger partial charge < -0.3 is 5.73 Å². The molecule has 21 heavy (non-hydrogen) atoms. The summed E-state index contributed by atoms with van der Waals surface area (Å²) in [4.78, 5) is 6.79. The van der Waals surface area contributed by atoms with Gasteiger partial charge in [-0.05, 0) is 44.2 Å². The average Bonchev–Trinajstić information content (AvgIpc) is 2.38. The van der Waals surface area contributed by atoms with Crippen molar-refractivity contribution in [2.75, 3.05) is 6.26 Å². The highest BCUT2D eigenvalue weighted by atomic mass is 32.2. The molecule has 0 aliphatic rings. The lowest BCUT2D eigenvalue weighted by Gasteiger charge is -2.11. The largest absolute Gasteiger partial charge is 0.326 e. The number of nitrogens with zero attached hydrogens (tertiary/aromatic N) is 1. The highest BCUT2D eigenvalue weighted by Crippen LogP contribution is 2.32. The number of nitrogens with two attached hydrogens (primary N) is 1. The molecule has 0 atom stereocenters. The van der Waals surface area contributed by atoms with Crippen LogP contribution in [0.5, 0.6) is 0 Å². The van der Waals surface area contributed by atoms with Gasteiger partial charge in [-0.1, -0.05) is 11.8 Å². The summed E-state index contributed by atoms with van der Waals surface area (Å²) in [5.74, 6) is 0. The second-order valence-electron chi connectivity index (χ2n) is 4.88. The van der Waals surface area contributed by atoms with E-state index in [1.807, 2.05) is 32.0 Å². The molecule has 0 saturated heterocycles. The second-order valence-corrected chi connectivity index (χ2v) is 8.01. The van der Waals surface area contributed by atoms with Gasteiger partial charge in [0, 0.05) is 39.5 Å². The van der Waals surface area contributed by atoms with Crippen molar-refractivity contribution in [3.8, 4) is 0 Å². The van der Waals surface area contributed by atoms with Crippen molar-refractivity contribution in [2.45, 2.75) is 35.1 Å². The van der Waals surface area contributed by atoms with Gasteiger partial charge in [-0.2, -0.15) is 0 Å². The zero-order valence-electron chi connectivity index (χ0n) is 12.3. The fourth-order valence-corrected chi connectivity index (χ4v) is 3.78. The van der Waals surface area contributed by atoms with Crippen LogP contribution in [-0.4, -0.2) is 19.7 Å². The molecule has 2 N–H and O–H groups in total. The Morgan fingerprint density at radius 2 is 1.81 bits per heavy atom. The fourth-order valence-electron chi connectivity index (χ4n) is 2.04. The quantitative estimate of drug-likeness (QED) is 0.937. The SMILES string of the molecule is Cc1cc(Sc2ccc(S(C)(=O)=O)cc2)c(CN)c(C)n1. The molecule has 0 bridgehead atoms. The first-order valence-corrected chi connectivity index (χ1v) is 9.17. The van der Waals surface area contributed by atoms with Gasteiger partial charge in [0.25, 0.3) is 0 Å². The van der Waals surface area contributed by atoms with E-state index in [1.54, 1.807) is 23.9 Å². The fraction of sp³-hybridized carbons (Fsp3) is 0.267. The molecule has 0 unspecified atom stereocenters. The molecule has 2 aromatic rings.